The van der Waals surface area contributed by atoms with E-state index in [0.29, 0.717) is 51.0 Å². The third kappa shape index (κ3) is 13.5. The maximum absolute atomic E-state index is 14.2. The van der Waals surface area contributed by atoms with Crippen LogP contribution in [0.5, 0.6) is 5.75 Å². The van der Waals surface area contributed by atoms with Gasteiger partial charge in [-0.05, 0) is 118 Å². The summed E-state index contributed by atoms with van der Waals surface area (Å²) in [6, 6.07) is 17.2. The number of morpholine rings is 1. The molecule has 3 N–H and O–H groups in total. The van der Waals surface area contributed by atoms with Crippen molar-refractivity contribution in [2.24, 2.45) is 5.41 Å². The Kier molecular flexibility index (Phi) is 18.1. The van der Waals surface area contributed by atoms with Gasteiger partial charge in [0.05, 0.1) is 83.6 Å². The van der Waals surface area contributed by atoms with Crippen LogP contribution in [0.25, 0.3) is 10.4 Å². The second-order valence-corrected chi connectivity index (χ2v) is 22.0. The number of thiocarbonyl (C=S) groups is 1. The lowest BCUT2D eigenvalue weighted by molar-refractivity contribution is -0.144. The molecule has 2 unspecified atom stereocenters. The topological polar surface area (TPSA) is 190 Å². The normalized spacial score (nSPS) is 20.0. The van der Waals surface area contributed by atoms with E-state index in [1.165, 1.54) is 11.0 Å². The summed E-state index contributed by atoms with van der Waals surface area (Å²) in [4.78, 5) is 66.6. The van der Waals surface area contributed by atoms with Crippen molar-refractivity contribution >= 4 is 63.7 Å². The number of rotatable bonds is 19. The average Bonchev–Trinajstić information content (AvgIpc) is 4.03. The number of aliphatic hydroxyl groups is 1. The number of anilines is 2. The monoisotopic (exact) mass is 1070 g/mol. The number of amides is 4. The molecule has 402 valence electrons. The number of unbranched alkanes of at least 4 members (excludes halogenated alkanes) is 2. The van der Waals surface area contributed by atoms with Crippen molar-refractivity contribution in [1.82, 2.24) is 25.4 Å². The number of nitriles is 1. The zero-order valence-electron chi connectivity index (χ0n) is 43.2. The van der Waals surface area contributed by atoms with Gasteiger partial charge in [0.25, 0.3) is 5.91 Å². The Morgan fingerprint density at radius 3 is 2.35 bits per heavy atom. The van der Waals surface area contributed by atoms with Gasteiger partial charge in [-0.25, -0.2) is 4.98 Å². The standard InChI is InChI=1S/C54H65F3N8O8S2/c1-33(35-11-13-36(14-12-35)46-34(2)59-32-75-46)60-48(68)44-26-40(66)28-63(44)49(69)47(52(3,4)5)61-45(67)30-62-21-24-73-42(29-62)31-71-22-9-8-10-23-72-41-19-17-38(18-20-41)65-51(74)64(50(70)53(65,6)7)39-16-15-37(27-58)43(25-39)54(55,56)57/h11-20,25,32-33,40,42,44,47,66H,8-10,21-24,26,28-31H2,1-7H3,(H,60,68)(H,61,67)/t33?,40-,42+,44+,47?/m1/s1. The molecule has 21 heteroatoms. The molecule has 5 atom stereocenters. The Balaban J connectivity index is 0.813. The summed E-state index contributed by atoms with van der Waals surface area (Å²) in [6.07, 6.45) is -3.52. The van der Waals surface area contributed by atoms with Gasteiger partial charge in [-0.15, -0.1) is 11.3 Å². The molecule has 0 saturated carbocycles. The van der Waals surface area contributed by atoms with Gasteiger partial charge in [0.1, 0.15) is 23.4 Å². The molecule has 4 aromatic rings. The van der Waals surface area contributed by atoms with E-state index in [9.17, 15) is 42.7 Å². The van der Waals surface area contributed by atoms with Crippen LogP contribution in [0.4, 0.5) is 24.5 Å². The fourth-order valence-corrected chi connectivity index (χ4v) is 10.8. The molecule has 0 bridgehead atoms. The molecule has 0 radical (unpaired) electrons. The number of nitrogens with one attached hydrogen (secondary N) is 2. The first-order valence-electron chi connectivity index (χ1n) is 25.0. The number of carbonyl (C=O) groups is 4. The minimum atomic E-state index is -4.80. The van der Waals surface area contributed by atoms with Gasteiger partial charge >= 0.3 is 6.18 Å². The molecule has 3 saturated heterocycles. The largest absolute Gasteiger partial charge is 0.494 e. The average molecular weight is 1080 g/mol. The smallest absolute Gasteiger partial charge is 0.417 e. The zero-order valence-corrected chi connectivity index (χ0v) is 44.9. The number of alkyl halides is 3. The van der Waals surface area contributed by atoms with Gasteiger partial charge in [-0.3, -0.25) is 29.0 Å². The van der Waals surface area contributed by atoms with Crippen LogP contribution in [0.3, 0.4) is 0 Å². The molecule has 4 heterocycles. The highest BCUT2D eigenvalue weighted by atomic mass is 32.1. The summed E-state index contributed by atoms with van der Waals surface area (Å²) < 4.78 is 59.1. The van der Waals surface area contributed by atoms with Crippen LogP contribution in [-0.2, 0) is 34.8 Å². The number of thiazole rings is 1. The molecule has 3 fully saturated rings. The van der Waals surface area contributed by atoms with Crippen LogP contribution in [0, 0.1) is 23.7 Å². The highest BCUT2D eigenvalue weighted by Gasteiger charge is 2.51. The number of β-amino-alcohol motifs (C(OH)–C–C–N with tert-alkyl or cyclic N) is 1. The quantitative estimate of drug-likeness (QED) is 0.0617. The summed E-state index contributed by atoms with van der Waals surface area (Å²) in [5, 5.41) is 25.9. The van der Waals surface area contributed by atoms with Gasteiger partial charge in [0.2, 0.25) is 17.7 Å². The van der Waals surface area contributed by atoms with E-state index in [0.717, 1.165) is 58.0 Å². The lowest BCUT2D eigenvalue weighted by atomic mass is 9.85. The molecule has 7 rings (SSSR count). The van der Waals surface area contributed by atoms with Crippen molar-refractivity contribution in [1.29, 1.82) is 5.26 Å². The van der Waals surface area contributed by atoms with Crippen LogP contribution in [0.1, 0.15) is 95.7 Å². The summed E-state index contributed by atoms with van der Waals surface area (Å²) in [7, 11) is 0. The third-order valence-corrected chi connectivity index (χ3v) is 14.9. The minimum Gasteiger partial charge on any atom is -0.494 e. The van der Waals surface area contributed by atoms with E-state index in [1.807, 2.05) is 69.3 Å². The molecule has 1 aromatic heterocycles. The van der Waals surface area contributed by atoms with Crippen LogP contribution in [0.15, 0.2) is 72.2 Å². The Hall–Kier alpha value is -6.02. The SMILES string of the molecule is Cc1ncsc1-c1ccc(C(C)NC(=O)[C@@H]2C[C@@H](O)CN2C(=O)C(NC(=O)CN2CCO[C@H](COCCCCCOc3ccc(N4C(=S)N(c5ccc(C#N)c(C(F)(F)F)c5)C(=O)C4(C)C)cc3)C2)C(C)(C)C)cc1. The second-order valence-electron chi connectivity index (χ2n) is 20.7. The number of carbonyl (C=O) groups excluding carboxylic acids is 4. The number of aliphatic hydroxyl groups excluding tert-OH is 1. The Bertz CT molecular complexity index is 2740. The second kappa shape index (κ2) is 23.9. The predicted octanol–water partition coefficient (Wildman–Crippen LogP) is 7.56. The number of aryl methyl sites for hydroxylation is 1. The van der Waals surface area contributed by atoms with Gasteiger partial charge in [0.15, 0.2) is 5.11 Å². The van der Waals surface area contributed by atoms with Crippen LogP contribution in [-0.4, -0.2) is 131 Å². The van der Waals surface area contributed by atoms with Crippen molar-refractivity contribution in [3.63, 3.8) is 0 Å². The number of hydrogen-bond acceptors (Lipinski definition) is 13. The summed E-state index contributed by atoms with van der Waals surface area (Å²) in [6.45, 7) is 15.3. The lowest BCUT2D eigenvalue weighted by Crippen LogP contribution is -2.59. The van der Waals surface area contributed by atoms with Crippen molar-refractivity contribution < 1.29 is 51.7 Å². The van der Waals surface area contributed by atoms with Crippen molar-refractivity contribution in [3.8, 4) is 22.3 Å². The molecule has 3 aromatic carbocycles. The van der Waals surface area contributed by atoms with E-state index in [-0.39, 0.29) is 54.3 Å². The maximum atomic E-state index is 14.2. The van der Waals surface area contributed by atoms with Crippen molar-refractivity contribution in [2.75, 3.05) is 62.4 Å². The van der Waals surface area contributed by atoms with Crippen molar-refractivity contribution in [2.45, 2.75) is 116 Å². The van der Waals surface area contributed by atoms with E-state index >= 15 is 0 Å². The van der Waals surface area contributed by atoms with Gasteiger partial charge in [0, 0.05) is 38.3 Å². The predicted molar refractivity (Wildman–Crippen MR) is 282 cm³/mol. The summed E-state index contributed by atoms with van der Waals surface area (Å²) in [5.41, 5.74) is 1.51. The number of nitrogens with zero attached hydrogens (tertiary/aromatic N) is 6. The zero-order chi connectivity index (χ0) is 54.4. The molecule has 0 spiro atoms. The molecule has 75 heavy (non-hydrogen) atoms. The number of halogens is 3. The maximum Gasteiger partial charge on any atom is 0.417 e. The fourth-order valence-electron chi connectivity index (χ4n) is 9.49. The first-order valence-corrected chi connectivity index (χ1v) is 26.3. The Morgan fingerprint density at radius 2 is 1.69 bits per heavy atom. The summed E-state index contributed by atoms with van der Waals surface area (Å²) in [5.74, 6) is -1.08. The molecule has 0 aliphatic carbocycles. The molecule has 16 nitrogen and oxygen atoms in total. The van der Waals surface area contributed by atoms with Crippen LogP contribution in [0.2, 0.25) is 0 Å². The third-order valence-electron chi connectivity index (χ3n) is 13.6. The number of aromatic nitrogens is 1. The summed E-state index contributed by atoms with van der Waals surface area (Å²) >= 11 is 7.21. The fraction of sp³-hybridized carbons (Fsp3) is 0.500. The van der Waals surface area contributed by atoms with E-state index in [4.69, 9.17) is 26.4 Å². The molecule has 4 amide bonds. The molecule has 3 aliphatic rings. The van der Waals surface area contributed by atoms with Crippen LogP contribution < -0.4 is 25.2 Å². The molecular formula is C54H65F3N8O8S2. The number of hydrogen-bond donors (Lipinski definition) is 3. The first kappa shape index (κ1) is 56.7. The van der Waals surface area contributed by atoms with E-state index < -0.39 is 58.3 Å². The van der Waals surface area contributed by atoms with Gasteiger partial charge < -0.3 is 39.8 Å². The lowest BCUT2D eigenvalue weighted by Gasteiger charge is -2.37. The van der Waals surface area contributed by atoms with E-state index in [2.05, 4.69) is 15.6 Å². The highest BCUT2D eigenvalue weighted by molar-refractivity contribution is 7.81. The van der Waals surface area contributed by atoms with Crippen LogP contribution >= 0.6 is 23.6 Å². The Morgan fingerprint density at radius 1 is 1.00 bits per heavy atom. The molecular weight excluding hydrogens is 1010 g/mol. The minimum absolute atomic E-state index is 0.000289. The van der Waals surface area contributed by atoms with Gasteiger partial charge in [-0.2, -0.15) is 18.4 Å². The number of ether oxygens (including phenoxy) is 3. The van der Waals surface area contributed by atoms with Gasteiger partial charge in [-0.1, -0.05) is 45.0 Å². The Labute approximate surface area is 445 Å². The molecule has 3 aliphatic heterocycles. The highest BCUT2D eigenvalue weighted by Crippen LogP contribution is 2.40. The van der Waals surface area contributed by atoms with E-state index in [1.54, 1.807) is 60.4 Å². The first-order chi connectivity index (χ1) is 35.5. The number of benzene rings is 3. The van der Waals surface area contributed by atoms with Crippen molar-refractivity contribution in [3.05, 3.63) is 94.6 Å². The number of likely N-dealkylation sites (tertiary alicyclic amines) is 1.